The van der Waals surface area contributed by atoms with Crippen molar-refractivity contribution in [3.05, 3.63) is 29.8 Å². The molecule has 0 unspecified atom stereocenters. The van der Waals surface area contributed by atoms with Gasteiger partial charge in [0.15, 0.2) is 0 Å². The highest BCUT2D eigenvalue weighted by molar-refractivity contribution is 5.52. The Labute approximate surface area is 111 Å². The smallest absolute Gasteiger partial charge is 0.0683 e. The number of nitrogens with zero attached hydrogens (tertiary/aromatic N) is 2. The first-order valence-corrected chi connectivity index (χ1v) is 6.64. The molecular weight excluding hydrogens is 220 g/mol. The average Bonchev–Trinajstić information content (AvgIpc) is 2.35. The van der Waals surface area contributed by atoms with Crippen molar-refractivity contribution >= 4 is 5.69 Å². The fourth-order valence-electron chi connectivity index (χ4n) is 2.08. The number of hydrogen-bond acceptors (Lipinski definition) is 2. The minimum Gasteiger partial charge on any atom is -0.374 e. The normalized spacial score (nSPS) is 11.1. The quantitative estimate of drug-likeness (QED) is 0.703. The van der Waals surface area contributed by atoms with Crippen molar-refractivity contribution in [2.45, 2.75) is 40.0 Å². The van der Waals surface area contributed by atoms with Gasteiger partial charge in [-0.2, -0.15) is 5.26 Å². The van der Waals surface area contributed by atoms with Gasteiger partial charge in [-0.05, 0) is 45.2 Å². The fraction of sp³-hybridized carbons (Fsp3) is 0.562. The largest absolute Gasteiger partial charge is 0.374 e. The number of unbranched alkanes of at least 4 members (excludes halogenated alkanes) is 1. The first-order valence-electron chi connectivity index (χ1n) is 6.64. The maximum atomic E-state index is 8.96. The molecule has 0 aliphatic heterocycles. The molecule has 0 fully saturated rings. The zero-order valence-corrected chi connectivity index (χ0v) is 12.0. The topological polar surface area (TPSA) is 27.0 Å². The second kappa shape index (κ2) is 6.44. The minimum atomic E-state index is -0.179. The van der Waals surface area contributed by atoms with Gasteiger partial charge in [-0.15, -0.1) is 0 Å². The molecule has 0 aromatic heterocycles. The van der Waals surface area contributed by atoms with E-state index in [1.54, 1.807) is 0 Å². The van der Waals surface area contributed by atoms with E-state index in [0.717, 1.165) is 25.8 Å². The monoisotopic (exact) mass is 244 g/mol. The van der Waals surface area contributed by atoms with Crippen molar-refractivity contribution in [2.24, 2.45) is 5.41 Å². The second-order valence-electron chi connectivity index (χ2n) is 5.66. The summed E-state index contributed by atoms with van der Waals surface area (Å²) in [5.41, 5.74) is 2.44. The van der Waals surface area contributed by atoms with Crippen molar-refractivity contribution < 1.29 is 0 Å². The van der Waals surface area contributed by atoms with Crippen molar-refractivity contribution in [3.8, 4) is 6.07 Å². The second-order valence-corrected chi connectivity index (χ2v) is 5.66. The van der Waals surface area contributed by atoms with Crippen molar-refractivity contribution in [1.82, 2.24) is 0 Å². The van der Waals surface area contributed by atoms with Gasteiger partial charge in [0.05, 0.1) is 11.5 Å². The first kappa shape index (κ1) is 14.6. The van der Waals surface area contributed by atoms with Gasteiger partial charge in [0.25, 0.3) is 0 Å². The zero-order chi connectivity index (χ0) is 13.6. The standard InChI is InChI=1S/C16H24N2/c1-14-9-5-6-10-15(14)18(4)12-8-7-11-16(2,3)13-17/h5-6,9-10H,7-8,11-12H2,1-4H3. The van der Waals surface area contributed by atoms with E-state index >= 15 is 0 Å². The van der Waals surface area contributed by atoms with E-state index in [4.69, 9.17) is 5.26 Å². The molecule has 0 aliphatic rings. The van der Waals surface area contributed by atoms with Gasteiger partial charge < -0.3 is 4.90 Å². The first-order chi connectivity index (χ1) is 8.46. The van der Waals surface area contributed by atoms with E-state index in [9.17, 15) is 0 Å². The number of anilines is 1. The number of benzene rings is 1. The summed E-state index contributed by atoms with van der Waals surface area (Å²) < 4.78 is 0. The molecule has 1 aromatic rings. The number of rotatable bonds is 6. The van der Waals surface area contributed by atoms with Crippen LogP contribution in [0.1, 0.15) is 38.7 Å². The summed E-state index contributed by atoms with van der Waals surface area (Å²) >= 11 is 0. The van der Waals surface area contributed by atoms with Crippen LogP contribution >= 0.6 is 0 Å². The third-order valence-electron chi connectivity index (χ3n) is 3.37. The van der Waals surface area contributed by atoms with E-state index in [1.165, 1.54) is 11.3 Å². The molecule has 0 spiro atoms. The lowest BCUT2D eigenvalue weighted by molar-refractivity contribution is 0.427. The molecular formula is C16H24N2. The Morgan fingerprint density at radius 2 is 1.89 bits per heavy atom. The Morgan fingerprint density at radius 3 is 2.50 bits per heavy atom. The number of para-hydroxylation sites is 1. The summed E-state index contributed by atoms with van der Waals surface area (Å²) in [7, 11) is 2.14. The fourth-order valence-corrected chi connectivity index (χ4v) is 2.08. The van der Waals surface area contributed by atoms with Gasteiger partial charge in [0, 0.05) is 19.3 Å². The number of hydrogen-bond donors (Lipinski definition) is 0. The Hall–Kier alpha value is -1.49. The van der Waals surface area contributed by atoms with Crippen LogP contribution < -0.4 is 4.90 Å². The predicted octanol–water partition coefficient (Wildman–Crippen LogP) is 4.15. The highest BCUT2D eigenvalue weighted by atomic mass is 15.1. The lowest BCUT2D eigenvalue weighted by Gasteiger charge is -2.22. The molecule has 0 heterocycles. The molecule has 0 radical (unpaired) electrons. The molecule has 0 amide bonds. The SMILES string of the molecule is Cc1ccccc1N(C)CCCCC(C)(C)C#N. The van der Waals surface area contributed by atoms with Gasteiger partial charge in [0.2, 0.25) is 0 Å². The van der Waals surface area contributed by atoms with Crippen molar-refractivity contribution in [3.63, 3.8) is 0 Å². The van der Waals surface area contributed by atoms with Gasteiger partial charge in [0.1, 0.15) is 0 Å². The van der Waals surface area contributed by atoms with Crippen molar-refractivity contribution in [2.75, 3.05) is 18.5 Å². The molecule has 1 rings (SSSR count). The van der Waals surface area contributed by atoms with Crippen LogP contribution in [0.25, 0.3) is 0 Å². The molecule has 98 valence electrons. The van der Waals surface area contributed by atoms with Crippen LogP contribution in [0, 0.1) is 23.7 Å². The highest BCUT2D eigenvalue weighted by Gasteiger charge is 2.15. The molecule has 0 aliphatic carbocycles. The lowest BCUT2D eigenvalue weighted by Crippen LogP contribution is -2.20. The van der Waals surface area contributed by atoms with E-state index in [-0.39, 0.29) is 5.41 Å². The average molecular weight is 244 g/mol. The van der Waals surface area contributed by atoms with Crippen LogP contribution in [0.15, 0.2) is 24.3 Å². The molecule has 0 N–H and O–H groups in total. The van der Waals surface area contributed by atoms with Crippen molar-refractivity contribution in [1.29, 1.82) is 5.26 Å². The summed E-state index contributed by atoms with van der Waals surface area (Å²) in [6.45, 7) is 7.22. The molecule has 1 aromatic carbocycles. The Balaban J connectivity index is 2.37. The summed E-state index contributed by atoms with van der Waals surface area (Å²) in [5, 5.41) is 8.96. The predicted molar refractivity (Wildman–Crippen MR) is 77.7 cm³/mol. The highest BCUT2D eigenvalue weighted by Crippen LogP contribution is 2.23. The van der Waals surface area contributed by atoms with E-state index in [1.807, 2.05) is 13.8 Å². The molecule has 2 heteroatoms. The van der Waals surface area contributed by atoms with Crippen LogP contribution in [0.2, 0.25) is 0 Å². The summed E-state index contributed by atoms with van der Waals surface area (Å²) in [6.07, 6.45) is 3.22. The van der Waals surface area contributed by atoms with Gasteiger partial charge in [-0.25, -0.2) is 0 Å². The maximum absolute atomic E-state index is 8.96. The molecule has 0 saturated carbocycles. The third-order valence-corrected chi connectivity index (χ3v) is 3.37. The van der Waals surface area contributed by atoms with Gasteiger partial charge in [-0.3, -0.25) is 0 Å². The zero-order valence-electron chi connectivity index (χ0n) is 12.0. The molecule has 2 nitrogen and oxygen atoms in total. The molecule has 18 heavy (non-hydrogen) atoms. The van der Waals surface area contributed by atoms with Crippen LogP contribution in [0.4, 0.5) is 5.69 Å². The number of aryl methyl sites for hydroxylation is 1. The van der Waals surface area contributed by atoms with Crippen LogP contribution in [-0.2, 0) is 0 Å². The van der Waals surface area contributed by atoms with Crippen LogP contribution in [0.3, 0.4) is 0 Å². The molecule has 0 bridgehead atoms. The Kier molecular flexibility index (Phi) is 5.22. The lowest BCUT2D eigenvalue weighted by atomic mass is 9.89. The summed E-state index contributed by atoms with van der Waals surface area (Å²) in [4.78, 5) is 2.30. The molecule has 0 saturated heterocycles. The van der Waals surface area contributed by atoms with E-state index in [0.29, 0.717) is 0 Å². The Bertz CT molecular complexity index is 415. The third kappa shape index (κ3) is 4.41. The van der Waals surface area contributed by atoms with Gasteiger partial charge in [-0.1, -0.05) is 24.6 Å². The molecule has 0 atom stereocenters. The minimum absolute atomic E-state index is 0.179. The van der Waals surface area contributed by atoms with Crippen LogP contribution in [-0.4, -0.2) is 13.6 Å². The summed E-state index contributed by atoms with van der Waals surface area (Å²) in [6, 6.07) is 10.8. The van der Waals surface area contributed by atoms with Crippen LogP contribution in [0.5, 0.6) is 0 Å². The Morgan fingerprint density at radius 1 is 1.22 bits per heavy atom. The maximum Gasteiger partial charge on any atom is 0.0683 e. The van der Waals surface area contributed by atoms with E-state index in [2.05, 4.69) is 49.2 Å². The summed E-state index contributed by atoms with van der Waals surface area (Å²) in [5.74, 6) is 0. The van der Waals surface area contributed by atoms with Gasteiger partial charge >= 0.3 is 0 Å². The van der Waals surface area contributed by atoms with E-state index < -0.39 is 0 Å². The number of nitriles is 1.